The van der Waals surface area contributed by atoms with Crippen molar-refractivity contribution < 1.29 is 0 Å². The number of rotatable bonds is 6. The topological polar surface area (TPSA) is 42.2 Å². The van der Waals surface area contributed by atoms with E-state index in [4.69, 9.17) is 5.73 Å². The number of thiazole rings is 1. The summed E-state index contributed by atoms with van der Waals surface area (Å²) >= 11 is 1.70. The Kier molecular flexibility index (Phi) is 5.07. The fourth-order valence-corrected chi connectivity index (χ4v) is 3.27. The lowest BCUT2D eigenvalue weighted by atomic mass is 10.1. The molecule has 0 spiro atoms. The largest absolute Gasteiger partial charge is 0.325 e. The van der Waals surface area contributed by atoms with E-state index in [2.05, 4.69) is 59.4 Å². The number of nitrogens with two attached hydrogens (primary N) is 1. The molecule has 1 heterocycles. The Morgan fingerprint density at radius 2 is 1.89 bits per heavy atom. The summed E-state index contributed by atoms with van der Waals surface area (Å²) in [5.74, 6) is 0. The van der Waals surface area contributed by atoms with E-state index in [0.29, 0.717) is 6.54 Å². The van der Waals surface area contributed by atoms with Crippen LogP contribution in [0.4, 0.5) is 0 Å². The van der Waals surface area contributed by atoms with Crippen LogP contribution in [0.5, 0.6) is 0 Å². The smallest absolute Gasteiger partial charge is 0.115 e. The van der Waals surface area contributed by atoms with Gasteiger partial charge in [0.05, 0.1) is 11.7 Å². The Balaban J connectivity index is 2.39. The first-order valence-electron chi connectivity index (χ1n) is 6.73. The first-order chi connectivity index (χ1) is 9.30. The van der Waals surface area contributed by atoms with Gasteiger partial charge in [-0.15, -0.1) is 11.3 Å². The van der Waals surface area contributed by atoms with Crippen LogP contribution >= 0.6 is 11.3 Å². The van der Waals surface area contributed by atoms with Gasteiger partial charge in [0.1, 0.15) is 5.01 Å². The van der Waals surface area contributed by atoms with E-state index in [9.17, 15) is 0 Å². The van der Waals surface area contributed by atoms with Crippen molar-refractivity contribution in [2.45, 2.75) is 26.4 Å². The number of hydrogen-bond donors (Lipinski definition) is 1. The zero-order valence-electron chi connectivity index (χ0n) is 11.5. The van der Waals surface area contributed by atoms with E-state index >= 15 is 0 Å². The molecule has 0 bridgehead atoms. The van der Waals surface area contributed by atoms with Crippen LogP contribution in [0.25, 0.3) is 0 Å². The van der Waals surface area contributed by atoms with Crippen LogP contribution < -0.4 is 5.73 Å². The molecule has 0 saturated carbocycles. The number of aromatic nitrogens is 1. The molecule has 102 valence electrons. The van der Waals surface area contributed by atoms with Gasteiger partial charge in [-0.1, -0.05) is 44.2 Å². The zero-order valence-corrected chi connectivity index (χ0v) is 12.4. The van der Waals surface area contributed by atoms with E-state index < -0.39 is 0 Å². The van der Waals surface area contributed by atoms with Crippen molar-refractivity contribution in [2.75, 3.05) is 13.1 Å². The highest BCUT2D eigenvalue weighted by Gasteiger charge is 2.22. The molecular weight excluding hydrogens is 254 g/mol. The molecule has 0 saturated heterocycles. The first-order valence-corrected chi connectivity index (χ1v) is 7.61. The van der Waals surface area contributed by atoms with Crippen LogP contribution in [-0.4, -0.2) is 23.0 Å². The second kappa shape index (κ2) is 6.80. The molecule has 1 atom stereocenters. The van der Waals surface area contributed by atoms with Crippen LogP contribution in [0.1, 0.15) is 36.2 Å². The molecule has 0 aliphatic heterocycles. The Morgan fingerprint density at radius 1 is 1.21 bits per heavy atom. The van der Waals surface area contributed by atoms with Crippen LogP contribution in [0.2, 0.25) is 0 Å². The monoisotopic (exact) mass is 275 g/mol. The molecule has 4 heteroatoms. The third kappa shape index (κ3) is 3.21. The maximum absolute atomic E-state index is 5.67. The number of hydrogen-bond acceptors (Lipinski definition) is 4. The standard InChI is InChI=1S/C15H21N3S/c1-3-18(4-2)14(12-8-6-5-7-9-12)15-17-13(10-16)11-19-15/h5-9,11,14H,3-4,10,16H2,1-2H3. The van der Waals surface area contributed by atoms with Crippen molar-refractivity contribution in [1.29, 1.82) is 0 Å². The Hall–Kier alpha value is -1.23. The van der Waals surface area contributed by atoms with Gasteiger partial charge in [-0.05, 0) is 18.7 Å². The van der Waals surface area contributed by atoms with Crippen molar-refractivity contribution in [1.82, 2.24) is 9.88 Å². The molecule has 3 nitrogen and oxygen atoms in total. The predicted molar refractivity (Wildman–Crippen MR) is 81.2 cm³/mol. The lowest BCUT2D eigenvalue weighted by Crippen LogP contribution is -2.29. The van der Waals surface area contributed by atoms with Crippen LogP contribution in [0.15, 0.2) is 35.7 Å². The summed E-state index contributed by atoms with van der Waals surface area (Å²) in [6.45, 7) is 6.91. The van der Waals surface area contributed by atoms with Crippen molar-refractivity contribution in [3.63, 3.8) is 0 Å². The van der Waals surface area contributed by atoms with Crippen molar-refractivity contribution in [2.24, 2.45) is 5.73 Å². The van der Waals surface area contributed by atoms with Crippen LogP contribution in [0, 0.1) is 0 Å². The number of nitrogens with zero attached hydrogens (tertiary/aromatic N) is 2. The summed E-state index contributed by atoms with van der Waals surface area (Å²) in [4.78, 5) is 7.10. The maximum atomic E-state index is 5.67. The lowest BCUT2D eigenvalue weighted by molar-refractivity contribution is 0.250. The van der Waals surface area contributed by atoms with Gasteiger partial charge in [0, 0.05) is 11.9 Å². The average molecular weight is 275 g/mol. The zero-order chi connectivity index (χ0) is 13.7. The van der Waals surface area contributed by atoms with Crippen molar-refractivity contribution in [3.8, 4) is 0 Å². The van der Waals surface area contributed by atoms with E-state index in [1.165, 1.54) is 5.56 Å². The van der Waals surface area contributed by atoms with Gasteiger partial charge in [-0.2, -0.15) is 0 Å². The second-order valence-corrected chi connectivity index (χ2v) is 5.31. The van der Waals surface area contributed by atoms with Gasteiger partial charge in [0.25, 0.3) is 0 Å². The van der Waals surface area contributed by atoms with Gasteiger partial charge in [0.15, 0.2) is 0 Å². The Bertz CT molecular complexity index is 491. The molecule has 0 amide bonds. The summed E-state index contributed by atoms with van der Waals surface area (Å²) in [7, 11) is 0. The van der Waals surface area contributed by atoms with Gasteiger partial charge < -0.3 is 5.73 Å². The van der Waals surface area contributed by atoms with Gasteiger partial charge in [0.2, 0.25) is 0 Å². The van der Waals surface area contributed by atoms with Crippen molar-refractivity contribution in [3.05, 3.63) is 52.0 Å². The minimum absolute atomic E-state index is 0.237. The summed E-state index contributed by atoms with van der Waals surface area (Å²) < 4.78 is 0. The van der Waals surface area contributed by atoms with E-state index in [-0.39, 0.29) is 6.04 Å². The van der Waals surface area contributed by atoms with Crippen LogP contribution in [-0.2, 0) is 6.54 Å². The van der Waals surface area contributed by atoms with Gasteiger partial charge in [-0.25, -0.2) is 4.98 Å². The van der Waals surface area contributed by atoms with Crippen molar-refractivity contribution >= 4 is 11.3 Å². The molecule has 1 unspecified atom stereocenters. The summed E-state index contributed by atoms with van der Waals surface area (Å²) in [6.07, 6.45) is 0. The molecule has 0 radical (unpaired) electrons. The molecule has 2 aromatic rings. The van der Waals surface area contributed by atoms with Gasteiger partial charge >= 0.3 is 0 Å². The minimum Gasteiger partial charge on any atom is -0.325 e. The lowest BCUT2D eigenvalue weighted by Gasteiger charge is -2.28. The molecule has 1 aromatic heterocycles. The SMILES string of the molecule is CCN(CC)C(c1ccccc1)c1nc(CN)cs1. The molecule has 19 heavy (non-hydrogen) atoms. The first kappa shape index (κ1) is 14.2. The van der Waals surface area contributed by atoms with E-state index in [1.807, 2.05) is 0 Å². The molecular formula is C15H21N3S. The van der Waals surface area contributed by atoms with E-state index in [0.717, 1.165) is 23.8 Å². The molecule has 2 N–H and O–H groups in total. The number of benzene rings is 1. The highest BCUT2D eigenvalue weighted by Crippen LogP contribution is 2.30. The maximum Gasteiger partial charge on any atom is 0.115 e. The fourth-order valence-electron chi connectivity index (χ4n) is 2.28. The normalized spacial score (nSPS) is 12.8. The average Bonchev–Trinajstić information content (AvgIpc) is 2.94. The quantitative estimate of drug-likeness (QED) is 0.881. The second-order valence-electron chi connectivity index (χ2n) is 4.42. The Labute approximate surface area is 119 Å². The molecule has 2 rings (SSSR count). The molecule has 0 aliphatic rings. The highest BCUT2D eigenvalue weighted by atomic mass is 32.1. The summed E-state index contributed by atoms with van der Waals surface area (Å²) in [6, 6.07) is 10.8. The predicted octanol–water partition coefficient (Wildman–Crippen LogP) is 3.03. The Morgan fingerprint density at radius 3 is 2.42 bits per heavy atom. The van der Waals surface area contributed by atoms with Gasteiger partial charge in [-0.3, -0.25) is 4.90 Å². The minimum atomic E-state index is 0.237. The van der Waals surface area contributed by atoms with E-state index in [1.54, 1.807) is 11.3 Å². The molecule has 0 fully saturated rings. The summed E-state index contributed by atoms with van der Waals surface area (Å²) in [5.41, 5.74) is 7.95. The molecule has 0 aliphatic carbocycles. The summed E-state index contributed by atoms with van der Waals surface area (Å²) in [5, 5.41) is 3.20. The van der Waals surface area contributed by atoms with Crippen LogP contribution in [0.3, 0.4) is 0 Å². The molecule has 1 aromatic carbocycles. The fraction of sp³-hybridized carbons (Fsp3) is 0.400. The third-order valence-electron chi connectivity index (χ3n) is 3.31. The highest BCUT2D eigenvalue weighted by molar-refractivity contribution is 7.09. The third-order valence-corrected chi connectivity index (χ3v) is 4.25.